The van der Waals surface area contributed by atoms with Crippen molar-refractivity contribution in [2.75, 3.05) is 6.54 Å². The van der Waals surface area contributed by atoms with E-state index >= 15 is 0 Å². The van der Waals surface area contributed by atoms with Crippen LogP contribution < -0.4 is 11.1 Å². The highest BCUT2D eigenvalue weighted by Gasteiger charge is 2.46. The molecule has 1 fully saturated rings. The molecule has 0 saturated carbocycles. The highest BCUT2D eigenvalue weighted by atomic mass is 19.1. The zero-order chi connectivity index (χ0) is 15.8. The molecule has 0 aromatic heterocycles. The molecule has 0 radical (unpaired) electrons. The van der Waals surface area contributed by atoms with E-state index in [0.717, 1.165) is 17.0 Å². The molecule has 114 valence electrons. The van der Waals surface area contributed by atoms with Gasteiger partial charge in [0.05, 0.1) is 12.6 Å². The van der Waals surface area contributed by atoms with E-state index in [1.165, 1.54) is 6.07 Å². The molecule has 1 aromatic carbocycles. The molecule has 1 aliphatic heterocycles. The van der Waals surface area contributed by atoms with Crippen LogP contribution >= 0.6 is 0 Å². The average molecular weight is 297 g/mol. The van der Waals surface area contributed by atoms with Crippen molar-refractivity contribution in [2.45, 2.75) is 31.8 Å². The summed E-state index contributed by atoms with van der Waals surface area (Å²) in [6.07, 6.45) is 0.414. The first-order valence-electron chi connectivity index (χ1n) is 6.63. The number of carbonyl (C=O) groups is 2. The van der Waals surface area contributed by atoms with Gasteiger partial charge in [0.25, 0.3) is 5.91 Å². The fraction of sp³-hybridized carbons (Fsp3) is 0.429. The molecular formula is C14H17F2N3O2. The third-order valence-corrected chi connectivity index (χ3v) is 3.80. The van der Waals surface area contributed by atoms with E-state index in [2.05, 4.69) is 5.32 Å². The smallest absolute Gasteiger partial charge is 0.323 e. The van der Waals surface area contributed by atoms with E-state index in [1.54, 1.807) is 13.8 Å². The van der Waals surface area contributed by atoms with Crippen LogP contribution in [0.4, 0.5) is 13.6 Å². The van der Waals surface area contributed by atoms with Crippen molar-refractivity contribution in [2.24, 2.45) is 5.73 Å². The molecule has 7 heteroatoms. The standard InChI is InChI=1S/C14H17F2N3O2/c1-3-14(2)12(20)19(13(21)18-14)7-10(17)11-8(15)5-4-6-9(11)16/h4-6,10H,3,7,17H2,1-2H3,(H,18,21). The van der Waals surface area contributed by atoms with Gasteiger partial charge in [-0.2, -0.15) is 0 Å². The first-order chi connectivity index (χ1) is 9.80. The quantitative estimate of drug-likeness (QED) is 0.830. The van der Waals surface area contributed by atoms with E-state index in [9.17, 15) is 18.4 Å². The maximum absolute atomic E-state index is 13.7. The van der Waals surface area contributed by atoms with Crippen LogP contribution in [0, 0.1) is 11.6 Å². The molecule has 2 atom stereocenters. The molecule has 0 spiro atoms. The van der Waals surface area contributed by atoms with Crippen LogP contribution in [0.1, 0.15) is 31.9 Å². The number of hydrogen-bond donors (Lipinski definition) is 2. The maximum atomic E-state index is 13.7. The number of nitrogens with one attached hydrogen (secondary N) is 1. The van der Waals surface area contributed by atoms with E-state index in [1.807, 2.05) is 0 Å². The number of benzene rings is 1. The molecule has 2 rings (SSSR count). The molecule has 1 heterocycles. The van der Waals surface area contributed by atoms with Gasteiger partial charge in [0, 0.05) is 5.56 Å². The van der Waals surface area contributed by atoms with Crippen LogP contribution in [-0.4, -0.2) is 28.9 Å². The van der Waals surface area contributed by atoms with E-state index < -0.39 is 35.2 Å². The van der Waals surface area contributed by atoms with Crippen molar-refractivity contribution in [3.8, 4) is 0 Å². The predicted molar refractivity (Wildman–Crippen MR) is 72.2 cm³/mol. The fourth-order valence-electron chi connectivity index (χ4n) is 2.31. The largest absolute Gasteiger partial charge is 0.325 e. The maximum Gasteiger partial charge on any atom is 0.325 e. The predicted octanol–water partition coefficient (Wildman–Crippen LogP) is 1.69. The molecule has 3 amide bonds. The molecule has 21 heavy (non-hydrogen) atoms. The van der Waals surface area contributed by atoms with Crippen molar-refractivity contribution >= 4 is 11.9 Å². The first kappa shape index (κ1) is 15.4. The van der Waals surface area contributed by atoms with E-state index in [0.29, 0.717) is 6.42 Å². The fourth-order valence-corrected chi connectivity index (χ4v) is 2.31. The summed E-state index contributed by atoms with van der Waals surface area (Å²) in [5.41, 5.74) is 4.45. The number of hydrogen-bond acceptors (Lipinski definition) is 3. The monoisotopic (exact) mass is 297 g/mol. The Morgan fingerprint density at radius 2 is 1.90 bits per heavy atom. The van der Waals surface area contributed by atoms with Crippen LogP contribution in [0.15, 0.2) is 18.2 Å². The summed E-state index contributed by atoms with van der Waals surface area (Å²) in [5, 5.41) is 2.56. The van der Waals surface area contributed by atoms with Crippen LogP contribution in [-0.2, 0) is 4.79 Å². The lowest BCUT2D eigenvalue weighted by Gasteiger charge is -2.22. The molecular weight excluding hydrogens is 280 g/mol. The lowest BCUT2D eigenvalue weighted by Crippen LogP contribution is -2.43. The van der Waals surface area contributed by atoms with Crippen LogP contribution in [0.25, 0.3) is 0 Å². The summed E-state index contributed by atoms with van der Waals surface area (Å²) in [7, 11) is 0. The van der Waals surface area contributed by atoms with Crippen LogP contribution in [0.3, 0.4) is 0 Å². The Hall–Kier alpha value is -2.02. The summed E-state index contributed by atoms with van der Waals surface area (Å²) >= 11 is 0. The van der Waals surface area contributed by atoms with Crippen LogP contribution in [0.2, 0.25) is 0 Å². The SMILES string of the molecule is CCC1(C)NC(=O)N(CC(N)c2c(F)cccc2F)C1=O. The van der Waals surface area contributed by atoms with Gasteiger partial charge >= 0.3 is 6.03 Å². The normalized spacial score (nSPS) is 23.4. The number of urea groups is 1. The van der Waals surface area contributed by atoms with E-state index in [-0.39, 0.29) is 12.1 Å². The van der Waals surface area contributed by atoms with Crippen molar-refractivity contribution in [1.82, 2.24) is 10.2 Å². The number of imide groups is 1. The minimum Gasteiger partial charge on any atom is -0.323 e. The molecule has 5 nitrogen and oxygen atoms in total. The van der Waals surface area contributed by atoms with Gasteiger partial charge in [0.15, 0.2) is 0 Å². The molecule has 0 aliphatic carbocycles. The number of rotatable bonds is 4. The second-order valence-electron chi connectivity index (χ2n) is 5.27. The summed E-state index contributed by atoms with van der Waals surface area (Å²) < 4.78 is 27.3. The Morgan fingerprint density at radius 1 is 1.33 bits per heavy atom. The van der Waals surface area contributed by atoms with Crippen molar-refractivity contribution in [3.05, 3.63) is 35.4 Å². The summed E-state index contributed by atoms with van der Waals surface area (Å²) in [4.78, 5) is 25.0. The van der Waals surface area contributed by atoms with E-state index in [4.69, 9.17) is 5.73 Å². The number of carbonyl (C=O) groups excluding carboxylic acids is 2. The van der Waals surface area contributed by atoms with Gasteiger partial charge in [-0.3, -0.25) is 9.69 Å². The highest BCUT2D eigenvalue weighted by Crippen LogP contribution is 2.25. The Kier molecular flexibility index (Phi) is 3.95. The Labute approximate surface area is 121 Å². The number of nitrogens with two attached hydrogens (primary N) is 1. The molecule has 1 aliphatic rings. The van der Waals surface area contributed by atoms with Gasteiger partial charge in [-0.1, -0.05) is 13.0 Å². The topological polar surface area (TPSA) is 75.4 Å². The third kappa shape index (κ3) is 2.61. The average Bonchev–Trinajstić information content (AvgIpc) is 2.63. The van der Waals surface area contributed by atoms with Gasteiger partial charge in [0.2, 0.25) is 0 Å². The lowest BCUT2D eigenvalue weighted by molar-refractivity contribution is -0.131. The highest BCUT2D eigenvalue weighted by molar-refractivity contribution is 6.06. The Balaban J connectivity index is 2.22. The minimum absolute atomic E-state index is 0.280. The second-order valence-corrected chi connectivity index (χ2v) is 5.27. The van der Waals surface area contributed by atoms with Gasteiger partial charge in [0.1, 0.15) is 17.2 Å². The summed E-state index contributed by atoms with van der Waals surface area (Å²) in [6, 6.07) is 1.67. The summed E-state index contributed by atoms with van der Waals surface area (Å²) in [5.74, 6) is -2.04. The Bertz CT molecular complexity index is 573. The molecule has 0 bridgehead atoms. The molecule has 1 aromatic rings. The second kappa shape index (κ2) is 5.40. The molecule has 1 saturated heterocycles. The zero-order valence-electron chi connectivity index (χ0n) is 11.8. The van der Waals surface area contributed by atoms with Gasteiger partial charge in [-0.25, -0.2) is 13.6 Å². The van der Waals surface area contributed by atoms with Crippen molar-refractivity contribution in [3.63, 3.8) is 0 Å². The zero-order valence-corrected chi connectivity index (χ0v) is 11.8. The van der Waals surface area contributed by atoms with Gasteiger partial charge in [-0.15, -0.1) is 0 Å². The van der Waals surface area contributed by atoms with Gasteiger partial charge in [-0.05, 0) is 25.5 Å². The minimum atomic E-state index is -1.12. The number of halogens is 2. The lowest BCUT2D eigenvalue weighted by atomic mass is 9.99. The first-order valence-corrected chi connectivity index (χ1v) is 6.63. The number of amides is 3. The number of nitrogens with zero attached hydrogens (tertiary/aromatic N) is 1. The summed E-state index contributed by atoms with van der Waals surface area (Å²) in [6.45, 7) is 3.08. The Morgan fingerprint density at radius 3 is 2.38 bits per heavy atom. The van der Waals surface area contributed by atoms with Crippen LogP contribution in [0.5, 0.6) is 0 Å². The molecule has 2 unspecified atom stereocenters. The van der Waals surface area contributed by atoms with Gasteiger partial charge < -0.3 is 11.1 Å². The van der Waals surface area contributed by atoms with Crippen molar-refractivity contribution < 1.29 is 18.4 Å². The molecule has 3 N–H and O–H groups in total. The third-order valence-electron chi connectivity index (χ3n) is 3.80. The van der Waals surface area contributed by atoms with Crippen molar-refractivity contribution in [1.29, 1.82) is 0 Å².